The molecule has 21 heavy (non-hydrogen) atoms. The Morgan fingerprint density at radius 2 is 1.90 bits per heavy atom. The topological polar surface area (TPSA) is 66.4 Å². The lowest BCUT2D eigenvalue weighted by Crippen LogP contribution is -2.39. The standard InChI is InChI=1S/C17H21NO3/c19-15(20)14-8-4-5-12(14)11-18-16(21)17(9-10-17)13-6-2-1-3-7-13/h1-3,6-7,12,14H,4-5,8-11H2,(H,18,21)(H,19,20). The summed E-state index contributed by atoms with van der Waals surface area (Å²) in [6.45, 7) is 0.490. The monoisotopic (exact) mass is 287 g/mol. The second kappa shape index (κ2) is 5.51. The van der Waals surface area contributed by atoms with Crippen LogP contribution in [0.15, 0.2) is 30.3 Å². The molecule has 3 rings (SSSR count). The summed E-state index contributed by atoms with van der Waals surface area (Å²) in [7, 11) is 0. The number of rotatable bonds is 5. The minimum absolute atomic E-state index is 0.0599. The number of hydrogen-bond acceptors (Lipinski definition) is 2. The predicted octanol–water partition coefficient (Wildman–Crippen LogP) is 2.34. The average Bonchev–Trinajstić information content (AvgIpc) is 3.17. The van der Waals surface area contributed by atoms with E-state index in [9.17, 15) is 14.7 Å². The Hall–Kier alpha value is -1.84. The maximum Gasteiger partial charge on any atom is 0.306 e. The first kappa shape index (κ1) is 14.1. The van der Waals surface area contributed by atoms with Crippen molar-refractivity contribution in [2.24, 2.45) is 11.8 Å². The molecule has 0 aliphatic heterocycles. The number of carboxylic acid groups (broad SMARTS) is 1. The van der Waals surface area contributed by atoms with E-state index in [-0.39, 0.29) is 23.2 Å². The molecular formula is C17H21NO3. The van der Waals surface area contributed by atoms with Gasteiger partial charge in [-0.25, -0.2) is 0 Å². The molecule has 2 fully saturated rings. The number of amides is 1. The van der Waals surface area contributed by atoms with E-state index in [1.165, 1.54) is 0 Å². The van der Waals surface area contributed by atoms with Crippen LogP contribution in [0.3, 0.4) is 0 Å². The van der Waals surface area contributed by atoms with Crippen LogP contribution in [0.25, 0.3) is 0 Å². The summed E-state index contributed by atoms with van der Waals surface area (Å²) in [6.07, 6.45) is 4.35. The van der Waals surface area contributed by atoms with Crippen molar-refractivity contribution in [3.63, 3.8) is 0 Å². The van der Waals surface area contributed by atoms with Crippen LogP contribution in [0, 0.1) is 11.8 Å². The fourth-order valence-electron chi connectivity index (χ4n) is 3.53. The smallest absolute Gasteiger partial charge is 0.306 e. The molecule has 2 unspecified atom stereocenters. The Labute approximate surface area is 124 Å². The lowest BCUT2D eigenvalue weighted by Gasteiger charge is -2.20. The largest absolute Gasteiger partial charge is 0.481 e. The number of benzene rings is 1. The highest BCUT2D eigenvalue weighted by molar-refractivity contribution is 5.91. The van der Waals surface area contributed by atoms with Gasteiger partial charge in [0.15, 0.2) is 0 Å². The number of aliphatic carboxylic acids is 1. The van der Waals surface area contributed by atoms with Crippen LogP contribution in [-0.4, -0.2) is 23.5 Å². The van der Waals surface area contributed by atoms with Gasteiger partial charge in [-0.05, 0) is 37.2 Å². The SMILES string of the molecule is O=C(O)C1CCCC1CNC(=O)C1(c2ccccc2)CC1. The third kappa shape index (κ3) is 2.67. The van der Waals surface area contributed by atoms with Crippen molar-refractivity contribution < 1.29 is 14.7 Å². The predicted molar refractivity (Wildman–Crippen MR) is 78.8 cm³/mol. The molecule has 2 aliphatic rings. The van der Waals surface area contributed by atoms with E-state index in [0.717, 1.165) is 37.7 Å². The maximum atomic E-state index is 12.5. The van der Waals surface area contributed by atoms with Crippen LogP contribution in [-0.2, 0) is 15.0 Å². The highest BCUT2D eigenvalue weighted by Gasteiger charge is 2.51. The van der Waals surface area contributed by atoms with Gasteiger partial charge < -0.3 is 10.4 Å². The van der Waals surface area contributed by atoms with Gasteiger partial charge in [0.1, 0.15) is 0 Å². The van der Waals surface area contributed by atoms with Gasteiger partial charge in [0.25, 0.3) is 0 Å². The number of carbonyl (C=O) groups is 2. The van der Waals surface area contributed by atoms with Crippen molar-refractivity contribution in [3.05, 3.63) is 35.9 Å². The molecule has 1 amide bonds. The fourth-order valence-corrected chi connectivity index (χ4v) is 3.53. The number of carbonyl (C=O) groups excluding carboxylic acids is 1. The van der Waals surface area contributed by atoms with Gasteiger partial charge in [0.05, 0.1) is 11.3 Å². The van der Waals surface area contributed by atoms with Gasteiger partial charge in [0, 0.05) is 6.54 Å². The van der Waals surface area contributed by atoms with E-state index in [1.54, 1.807) is 0 Å². The number of nitrogens with one attached hydrogen (secondary N) is 1. The molecule has 0 heterocycles. The van der Waals surface area contributed by atoms with Crippen LogP contribution >= 0.6 is 0 Å². The Bertz CT molecular complexity index is 536. The van der Waals surface area contributed by atoms with E-state index in [1.807, 2.05) is 30.3 Å². The lowest BCUT2D eigenvalue weighted by atomic mass is 9.93. The molecular weight excluding hydrogens is 266 g/mol. The second-order valence-electron chi connectivity index (χ2n) is 6.29. The van der Waals surface area contributed by atoms with Gasteiger partial charge >= 0.3 is 5.97 Å². The molecule has 2 saturated carbocycles. The Morgan fingerprint density at radius 3 is 2.52 bits per heavy atom. The number of carboxylic acids is 1. The van der Waals surface area contributed by atoms with Crippen molar-refractivity contribution in [2.45, 2.75) is 37.5 Å². The molecule has 0 spiro atoms. The number of hydrogen-bond donors (Lipinski definition) is 2. The van der Waals surface area contributed by atoms with Crippen LogP contribution in [0.5, 0.6) is 0 Å². The van der Waals surface area contributed by atoms with Gasteiger partial charge in [-0.15, -0.1) is 0 Å². The highest BCUT2D eigenvalue weighted by Crippen LogP contribution is 2.48. The zero-order chi connectivity index (χ0) is 14.9. The van der Waals surface area contributed by atoms with E-state index >= 15 is 0 Å². The quantitative estimate of drug-likeness (QED) is 0.873. The molecule has 0 bridgehead atoms. The first-order valence-corrected chi connectivity index (χ1v) is 7.70. The highest BCUT2D eigenvalue weighted by atomic mass is 16.4. The minimum atomic E-state index is -0.726. The molecule has 4 nitrogen and oxygen atoms in total. The lowest BCUT2D eigenvalue weighted by molar-refractivity contribution is -0.143. The summed E-state index contributed by atoms with van der Waals surface area (Å²) in [5.74, 6) is -0.879. The third-order valence-electron chi connectivity index (χ3n) is 5.01. The Morgan fingerprint density at radius 1 is 1.19 bits per heavy atom. The first-order valence-electron chi connectivity index (χ1n) is 7.70. The molecule has 2 N–H and O–H groups in total. The van der Waals surface area contributed by atoms with Crippen molar-refractivity contribution in [2.75, 3.05) is 6.54 Å². The molecule has 2 aliphatic carbocycles. The van der Waals surface area contributed by atoms with E-state index < -0.39 is 5.97 Å². The molecule has 0 aromatic heterocycles. The molecule has 0 radical (unpaired) electrons. The van der Waals surface area contributed by atoms with E-state index in [2.05, 4.69) is 5.32 Å². The molecule has 0 saturated heterocycles. The first-order chi connectivity index (χ1) is 10.1. The van der Waals surface area contributed by atoms with Crippen LogP contribution < -0.4 is 5.32 Å². The maximum absolute atomic E-state index is 12.5. The van der Waals surface area contributed by atoms with Gasteiger partial charge in [-0.2, -0.15) is 0 Å². The Kier molecular flexibility index (Phi) is 3.70. The van der Waals surface area contributed by atoms with E-state index in [0.29, 0.717) is 6.54 Å². The van der Waals surface area contributed by atoms with Crippen molar-refractivity contribution in [1.82, 2.24) is 5.32 Å². The second-order valence-corrected chi connectivity index (χ2v) is 6.29. The fraction of sp³-hybridized carbons (Fsp3) is 0.529. The summed E-state index contributed by atoms with van der Waals surface area (Å²) in [5, 5.41) is 12.2. The molecule has 112 valence electrons. The third-order valence-corrected chi connectivity index (χ3v) is 5.01. The van der Waals surface area contributed by atoms with Crippen LogP contribution in [0.4, 0.5) is 0 Å². The van der Waals surface area contributed by atoms with Crippen molar-refractivity contribution in [1.29, 1.82) is 0 Å². The summed E-state index contributed by atoms with van der Waals surface area (Å²) in [5.41, 5.74) is 0.710. The Balaban J connectivity index is 1.61. The zero-order valence-electron chi connectivity index (χ0n) is 12.0. The minimum Gasteiger partial charge on any atom is -0.481 e. The molecule has 1 aromatic carbocycles. The zero-order valence-corrected chi connectivity index (χ0v) is 12.0. The van der Waals surface area contributed by atoms with Gasteiger partial charge in [0.2, 0.25) is 5.91 Å². The van der Waals surface area contributed by atoms with Gasteiger partial charge in [-0.1, -0.05) is 36.8 Å². The van der Waals surface area contributed by atoms with Crippen LogP contribution in [0.2, 0.25) is 0 Å². The summed E-state index contributed by atoms with van der Waals surface area (Å²) >= 11 is 0. The summed E-state index contributed by atoms with van der Waals surface area (Å²) in [6, 6.07) is 9.87. The van der Waals surface area contributed by atoms with Gasteiger partial charge in [-0.3, -0.25) is 9.59 Å². The van der Waals surface area contributed by atoms with E-state index in [4.69, 9.17) is 0 Å². The van der Waals surface area contributed by atoms with Crippen molar-refractivity contribution >= 4 is 11.9 Å². The summed E-state index contributed by atoms with van der Waals surface area (Å²) < 4.78 is 0. The average molecular weight is 287 g/mol. The van der Waals surface area contributed by atoms with Crippen molar-refractivity contribution in [3.8, 4) is 0 Å². The summed E-state index contributed by atoms with van der Waals surface area (Å²) in [4.78, 5) is 23.7. The molecule has 4 heteroatoms. The molecule has 1 aromatic rings. The molecule has 2 atom stereocenters. The normalized spacial score (nSPS) is 26.3. The van der Waals surface area contributed by atoms with Crippen LogP contribution in [0.1, 0.15) is 37.7 Å².